The number of anilines is 1. The second kappa shape index (κ2) is 10.1. The van der Waals surface area contributed by atoms with Gasteiger partial charge in [0.25, 0.3) is 5.91 Å². The van der Waals surface area contributed by atoms with E-state index in [1.54, 1.807) is 18.2 Å². The number of halogens is 4. The van der Waals surface area contributed by atoms with Crippen LogP contribution in [0.15, 0.2) is 60.7 Å². The van der Waals surface area contributed by atoms with Crippen molar-refractivity contribution in [1.29, 1.82) is 5.26 Å². The molecule has 0 aliphatic heterocycles. The number of aromatic nitrogens is 2. The van der Waals surface area contributed by atoms with Crippen LogP contribution in [-0.2, 0) is 17.5 Å². The number of hydrogen-bond acceptors (Lipinski definition) is 5. The van der Waals surface area contributed by atoms with E-state index in [9.17, 15) is 27.6 Å². The number of fused-ring (bicyclic) bond motifs is 1. The number of hydrogen-bond donors (Lipinski definition) is 2. The lowest BCUT2D eigenvalue weighted by atomic mass is 10.0. The summed E-state index contributed by atoms with van der Waals surface area (Å²) in [4.78, 5) is 13.3. The van der Waals surface area contributed by atoms with Crippen LogP contribution < -0.4 is 11.1 Å². The van der Waals surface area contributed by atoms with Gasteiger partial charge in [-0.15, -0.1) is 0 Å². The molecule has 1 amide bonds. The van der Waals surface area contributed by atoms with Gasteiger partial charge in [-0.25, -0.2) is 9.07 Å². The van der Waals surface area contributed by atoms with Crippen LogP contribution in [0, 0.1) is 23.1 Å². The monoisotopic (exact) mass is 561 g/mol. The zero-order chi connectivity index (χ0) is 28.9. The number of ether oxygens (including phenoxy) is 1. The zero-order valence-electron chi connectivity index (χ0n) is 21.5. The van der Waals surface area contributed by atoms with Crippen molar-refractivity contribution >= 4 is 11.6 Å². The molecule has 1 heterocycles. The lowest BCUT2D eigenvalue weighted by Gasteiger charge is -2.19. The van der Waals surface area contributed by atoms with Gasteiger partial charge in [-0.2, -0.15) is 23.5 Å². The van der Waals surface area contributed by atoms with Crippen LogP contribution in [0.2, 0.25) is 0 Å². The Hall–Kier alpha value is -4.53. The normalized spacial score (nSPS) is 14.4. The Morgan fingerprint density at radius 2 is 1.95 bits per heavy atom. The molecule has 1 atom stereocenters. The van der Waals surface area contributed by atoms with Crippen molar-refractivity contribution in [2.75, 3.05) is 11.9 Å². The van der Waals surface area contributed by atoms with Gasteiger partial charge in [-0.05, 0) is 77.4 Å². The standard InChI is InChI=1S/C30H23F4N5O2/c31-24-7-6-18(28(41-15-16-4-5-16)23-9-19(14-36)21-11-22(21)23)10-25(24)37-29(40)26-12-27(30(32,33)34)38-39(26)20-3-1-2-17(8-20)13-35/h1-3,6-12,16,28H,4-5,13,15,35H2,(H,37,40). The molecule has 0 radical (unpaired) electrons. The number of nitriles is 1. The summed E-state index contributed by atoms with van der Waals surface area (Å²) < 4.78 is 62.8. The molecular weight excluding hydrogens is 538 g/mol. The van der Waals surface area contributed by atoms with Crippen molar-refractivity contribution in [2.45, 2.75) is 31.7 Å². The molecule has 3 aliphatic carbocycles. The largest absolute Gasteiger partial charge is 0.435 e. The van der Waals surface area contributed by atoms with Gasteiger partial charge in [0.1, 0.15) is 17.6 Å². The molecule has 3 aromatic rings. The summed E-state index contributed by atoms with van der Waals surface area (Å²) >= 11 is 0. The van der Waals surface area contributed by atoms with E-state index in [2.05, 4.69) is 16.5 Å². The van der Waals surface area contributed by atoms with Crippen LogP contribution in [0.5, 0.6) is 0 Å². The predicted molar refractivity (Wildman–Crippen MR) is 141 cm³/mol. The summed E-state index contributed by atoms with van der Waals surface area (Å²) in [6, 6.07) is 16.8. The average molecular weight is 562 g/mol. The van der Waals surface area contributed by atoms with Gasteiger partial charge in [0.05, 0.1) is 29.6 Å². The van der Waals surface area contributed by atoms with E-state index >= 15 is 0 Å². The topological polar surface area (TPSA) is 106 Å². The van der Waals surface area contributed by atoms with Gasteiger partial charge in [0, 0.05) is 18.2 Å². The molecule has 1 aromatic heterocycles. The summed E-state index contributed by atoms with van der Waals surface area (Å²) in [5.74, 6) is -1.34. The summed E-state index contributed by atoms with van der Waals surface area (Å²) in [7, 11) is 0. The minimum absolute atomic E-state index is 0.130. The van der Waals surface area contributed by atoms with E-state index in [0.29, 0.717) is 35.3 Å². The number of benzene rings is 3. The van der Waals surface area contributed by atoms with Crippen molar-refractivity contribution in [3.05, 3.63) is 100 Å². The molecule has 41 heavy (non-hydrogen) atoms. The highest BCUT2D eigenvalue weighted by Crippen LogP contribution is 2.48. The molecule has 7 nitrogen and oxygen atoms in total. The molecule has 1 fully saturated rings. The second-order valence-electron chi connectivity index (χ2n) is 10.1. The van der Waals surface area contributed by atoms with Crippen molar-refractivity contribution < 1.29 is 27.1 Å². The highest BCUT2D eigenvalue weighted by Gasteiger charge is 2.37. The fourth-order valence-electron chi connectivity index (χ4n) is 4.75. The minimum atomic E-state index is -4.81. The van der Waals surface area contributed by atoms with Gasteiger partial charge in [-0.1, -0.05) is 18.2 Å². The van der Waals surface area contributed by atoms with E-state index in [4.69, 9.17) is 10.5 Å². The first-order valence-electron chi connectivity index (χ1n) is 12.9. The summed E-state index contributed by atoms with van der Waals surface area (Å²) in [5.41, 5.74) is 8.13. The molecular formula is C30H23F4N5O2. The summed E-state index contributed by atoms with van der Waals surface area (Å²) in [6.07, 6.45) is -3.34. The lowest BCUT2D eigenvalue weighted by molar-refractivity contribution is -0.141. The maximum atomic E-state index is 15.0. The number of nitrogens with one attached hydrogen (secondary N) is 1. The van der Waals surface area contributed by atoms with Crippen molar-refractivity contribution in [1.82, 2.24) is 9.78 Å². The van der Waals surface area contributed by atoms with Gasteiger partial charge in [0.15, 0.2) is 5.69 Å². The van der Waals surface area contributed by atoms with E-state index in [-0.39, 0.29) is 17.9 Å². The number of nitrogens with two attached hydrogens (primary N) is 1. The van der Waals surface area contributed by atoms with Crippen LogP contribution in [0.3, 0.4) is 0 Å². The first-order valence-corrected chi connectivity index (χ1v) is 12.9. The third kappa shape index (κ3) is 5.31. The van der Waals surface area contributed by atoms with Gasteiger partial charge >= 0.3 is 6.18 Å². The molecule has 0 saturated heterocycles. The number of rotatable bonds is 9. The number of carbonyl (C=O) groups is 1. The van der Waals surface area contributed by atoms with Crippen LogP contribution in [0.25, 0.3) is 16.8 Å². The van der Waals surface area contributed by atoms with Gasteiger partial charge in [0.2, 0.25) is 0 Å². The molecule has 2 aromatic carbocycles. The first kappa shape index (κ1) is 26.7. The Kier molecular flexibility index (Phi) is 6.60. The third-order valence-corrected chi connectivity index (χ3v) is 7.16. The molecule has 0 spiro atoms. The fourth-order valence-corrected chi connectivity index (χ4v) is 4.75. The third-order valence-electron chi connectivity index (χ3n) is 7.16. The van der Waals surface area contributed by atoms with Crippen LogP contribution >= 0.6 is 0 Å². The number of carbonyl (C=O) groups excluding carboxylic acids is 1. The smallest absolute Gasteiger partial charge is 0.368 e. The molecule has 208 valence electrons. The highest BCUT2D eigenvalue weighted by atomic mass is 19.4. The van der Waals surface area contributed by atoms with Crippen LogP contribution in [-0.4, -0.2) is 22.3 Å². The number of alkyl halides is 3. The highest BCUT2D eigenvalue weighted by molar-refractivity contribution is 6.03. The average Bonchev–Trinajstić information content (AvgIpc) is 3.86. The molecule has 1 saturated carbocycles. The van der Waals surface area contributed by atoms with Crippen molar-refractivity contribution in [3.8, 4) is 22.9 Å². The van der Waals surface area contributed by atoms with Crippen molar-refractivity contribution in [2.24, 2.45) is 11.7 Å². The molecule has 3 aliphatic rings. The van der Waals surface area contributed by atoms with Crippen LogP contribution in [0.1, 0.15) is 57.4 Å². The van der Waals surface area contributed by atoms with Gasteiger partial charge in [-0.3, -0.25) is 4.79 Å². The van der Waals surface area contributed by atoms with E-state index in [1.165, 1.54) is 24.3 Å². The van der Waals surface area contributed by atoms with E-state index in [1.807, 2.05) is 6.07 Å². The fraction of sp³-hybridized carbons (Fsp3) is 0.233. The predicted octanol–water partition coefficient (Wildman–Crippen LogP) is 6.11. The molecule has 1 unspecified atom stereocenters. The second-order valence-corrected chi connectivity index (χ2v) is 10.1. The summed E-state index contributed by atoms with van der Waals surface area (Å²) in [5, 5.41) is 15.5. The lowest BCUT2D eigenvalue weighted by Crippen LogP contribution is -2.18. The summed E-state index contributed by atoms with van der Waals surface area (Å²) in [6.45, 7) is 0.609. The maximum absolute atomic E-state index is 15.0. The Balaban J connectivity index is 1.34. The SMILES string of the molecule is N#Cc1cc(C(OCC2CC2)c2ccc(F)c(NC(=O)c3cc(C(F)(F)F)nn3-c3cccc(CN)c3)c2)c2cc1-2. The molecule has 6 rings (SSSR count). The first-order chi connectivity index (χ1) is 19.7. The van der Waals surface area contributed by atoms with E-state index in [0.717, 1.165) is 40.3 Å². The Labute approximate surface area is 232 Å². The minimum Gasteiger partial charge on any atom is -0.368 e. The zero-order valence-corrected chi connectivity index (χ0v) is 21.5. The van der Waals surface area contributed by atoms with Crippen molar-refractivity contribution in [3.63, 3.8) is 0 Å². The quantitative estimate of drug-likeness (QED) is 0.211. The number of amides is 1. The molecule has 3 N–H and O–H groups in total. The Bertz CT molecular complexity index is 1720. The number of nitrogens with zero attached hydrogens (tertiary/aromatic N) is 3. The maximum Gasteiger partial charge on any atom is 0.435 e. The molecule has 0 bridgehead atoms. The Morgan fingerprint density at radius 1 is 1.15 bits per heavy atom. The Morgan fingerprint density at radius 3 is 2.63 bits per heavy atom. The van der Waals surface area contributed by atoms with Gasteiger partial charge < -0.3 is 15.8 Å². The van der Waals surface area contributed by atoms with E-state index < -0.39 is 35.4 Å². The van der Waals surface area contributed by atoms with Crippen LogP contribution in [0.4, 0.5) is 23.2 Å². The molecule has 11 heteroatoms.